The van der Waals surface area contributed by atoms with Crippen LogP contribution in [0.25, 0.3) is 0 Å². The zero-order chi connectivity index (χ0) is 19.2. The molecule has 1 fully saturated rings. The van der Waals surface area contributed by atoms with Gasteiger partial charge in [0.25, 0.3) is 0 Å². The molecule has 2 heterocycles. The van der Waals surface area contributed by atoms with Crippen molar-refractivity contribution in [2.75, 3.05) is 18.4 Å². The van der Waals surface area contributed by atoms with Gasteiger partial charge in [-0.25, -0.2) is 0 Å². The molecule has 3 rings (SSSR count). The molecule has 27 heavy (non-hydrogen) atoms. The number of nitrogens with one attached hydrogen (secondary N) is 1. The van der Waals surface area contributed by atoms with Gasteiger partial charge >= 0.3 is 5.82 Å². The maximum absolute atomic E-state index is 12.1. The van der Waals surface area contributed by atoms with Crippen LogP contribution in [0.2, 0.25) is 0 Å². The molecule has 8 nitrogen and oxygen atoms in total. The van der Waals surface area contributed by atoms with Crippen molar-refractivity contribution in [3.05, 3.63) is 51.7 Å². The van der Waals surface area contributed by atoms with Gasteiger partial charge in [0.05, 0.1) is 23.4 Å². The van der Waals surface area contributed by atoms with E-state index in [9.17, 15) is 14.9 Å². The SMILES string of the molecule is Cc1cc([N+](=O)[O-])nn1CCC(=O)Nc1ccc(CN2CCCCC2)cc1. The Kier molecular flexibility index (Phi) is 6.18. The Morgan fingerprint density at radius 1 is 1.22 bits per heavy atom. The first-order valence-electron chi connectivity index (χ1n) is 9.31. The lowest BCUT2D eigenvalue weighted by molar-refractivity contribution is -0.389. The van der Waals surface area contributed by atoms with Crippen LogP contribution in [-0.4, -0.2) is 38.6 Å². The van der Waals surface area contributed by atoms with Gasteiger partial charge in [-0.15, -0.1) is 0 Å². The van der Waals surface area contributed by atoms with E-state index < -0.39 is 4.92 Å². The Labute approximate surface area is 158 Å². The Bertz CT molecular complexity index is 794. The second-order valence-electron chi connectivity index (χ2n) is 6.96. The van der Waals surface area contributed by atoms with Crippen LogP contribution in [-0.2, 0) is 17.9 Å². The van der Waals surface area contributed by atoms with Gasteiger partial charge in [-0.05, 0) is 55.5 Å². The zero-order valence-corrected chi connectivity index (χ0v) is 15.6. The predicted octanol–water partition coefficient (Wildman–Crippen LogP) is 3.11. The van der Waals surface area contributed by atoms with Crippen molar-refractivity contribution < 1.29 is 9.72 Å². The second kappa shape index (κ2) is 8.77. The van der Waals surface area contributed by atoms with Gasteiger partial charge in [0.2, 0.25) is 5.91 Å². The molecule has 0 aliphatic carbocycles. The van der Waals surface area contributed by atoms with Crippen LogP contribution < -0.4 is 5.32 Å². The largest absolute Gasteiger partial charge is 0.390 e. The van der Waals surface area contributed by atoms with Crippen LogP contribution >= 0.6 is 0 Å². The zero-order valence-electron chi connectivity index (χ0n) is 15.6. The normalized spacial score (nSPS) is 14.9. The lowest BCUT2D eigenvalue weighted by atomic mass is 10.1. The number of carbonyl (C=O) groups is 1. The lowest BCUT2D eigenvalue weighted by Gasteiger charge is -2.26. The number of aromatic nitrogens is 2. The minimum absolute atomic E-state index is 0.142. The highest BCUT2D eigenvalue weighted by molar-refractivity contribution is 5.90. The number of hydrogen-bond donors (Lipinski definition) is 1. The summed E-state index contributed by atoms with van der Waals surface area (Å²) >= 11 is 0. The summed E-state index contributed by atoms with van der Waals surface area (Å²) in [5, 5.41) is 17.5. The highest BCUT2D eigenvalue weighted by Gasteiger charge is 2.16. The lowest BCUT2D eigenvalue weighted by Crippen LogP contribution is -2.29. The van der Waals surface area contributed by atoms with Crippen molar-refractivity contribution in [1.29, 1.82) is 0 Å². The first kappa shape index (κ1) is 19.0. The van der Waals surface area contributed by atoms with Crippen LogP contribution in [0.1, 0.15) is 36.9 Å². The topological polar surface area (TPSA) is 93.3 Å². The molecule has 0 saturated carbocycles. The molecule has 1 N–H and O–H groups in total. The van der Waals surface area contributed by atoms with Crippen molar-refractivity contribution in [3.8, 4) is 0 Å². The Balaban J connectivity index is 1.48. The average molecular weight is 371 g/mol. The fourth-order valence-electron chi connectivity index (χ4n) is 3.31. The summed E-state index contributed by atoms with van der Waals surface area (Å²) in [4.78, 5) is 24.8. The molecular weight excluding hydrogens is 346 g/mol. The third kappa shape index (κ3) is 5.37. The standard InChI is InChI=1S/C19H25N5O3/c1-15-13-18(24(26)27)21-23(15)12-9-19(25)20-17-7-5-16(6-8-17)14-22-10-3-2-4-11-22/h5-8,13H,2-4,9-12,14H2,1H3,(H,20,25). The maximum atomic E-state index is 12.1. The van der Waals surface area contributed by atoms with Gasteiger partial charge in [-0.3, -0.25) is 9.69 Å². The van der Waals surface area contributed by atoms with Crippen LogP contribution in [0.3, 0.4) is 0 Å². The van der Waals surface area contributed by atoms with Gasteiger partial charge in [0.15, 0.2) is 0 Å². The fraction of sp³-hybridized carbons (Fsp3) is 0.474. The molecule has 0 atom stereocenters. The van der Waals surface area contributed by atoms with E-state index in [2.05, 4.69) is 15.3 Å². The third-order valence-corrected chi connectivity index (χ3v) is 4.80. The molecule has 2 aromatic rings. The molecule has 0 spiro atoms. The second-order valence-corrected chi connectivity index (χ2v) is 6.96. The van der Waals surface area contributed by atoms with Crippen LogP contribution in [0, 0.1) is 17.0 Å². The van der Waals surface area contributed by atoms with Gasteiger partial charge in [0, 0.05) is 18.7 Å². The molecule has 8 heteroatoms. The van der Waals surface area contributed by atoms with Gasteiger partial charge < -0.3 is 15.4 Å². The summed E-state index contributed by atoms with van der Waals surface area (Å²) in [6, 6.07) is 9.33. The summed E-state index contributed by atoms with van der Waals surface area (Å²) in [5.74, 6) is -0.339. The smallest absolute Gasteiger partial charge is 0.358 e. The van der Waals surface area contributed by atoms with E-state index >= 15 is 0 Å². The van der Waals surface area contributed by atoms with E-state index in [1.54, 1.807) is 6.92 Å². The van der Waals surface area contributed by atoms with E-state index in [0.717, 1.165) is 25.3 Å². The highest BCUT2D eigenvalue weighted by atomic mass is 16.6. The number of rotatable bonds is 7. The van der Waals surface area contributed by atoms with E-state index in [1.807, 2.05) is 24.3 Å². The molecule has 1 aromatic carbocycles. The molecule has 1 aliphatic heterocycles. The molecule has 1 aliphatic rings. The summed E-state index contributed by atoms with van der Waals surface area (Å²) in [5.41, 5.74) is 2.66. The summed E-state index contributed by atoms with van der Waals surface area (Å²) < 4.78 is 1.49. The van der Waals surface area contributed by atoms with E-state index in [1.165, 1.54) is 35.6 Å². The Morgan fingerprint density at radius 3 is 2.56 bits per heavy atom. The Morgan fingerprint density at radius 2 is 1.93 bits per heavy atom. The van der Waals surface area contributed by atoms with Gasteiger partial charge in [-0.1, -0.05) is 18.6 Å². The summed E-state index contributed by atoms with van der Waals surface area (Å²) in [6.07, 6.45) is 4.07. The number of piperidine rings is 1. The van der Waals surface area contributed by atoms with Crippen molar-refractivity contribution in [3.63, 3.8) is 0 Å². The molecule has 1 saturated heterocycles. The molecule has 0 radical (unpaired) electrons. The van der Waals surface area contributed by atoms with Crippen molar-refractivity contribution in [1.82, 2.24) is 14.7 Å². The maximum Gasteiger partial charge on any atom is 0.390 e. The number of amides is 1. The molecule has 144 valence electrons. The van der Waals surface area contributed by atoms with Crippen molar-refractivity contribution >= 4 is 17.4 Å². The van der Waals surface area contributed by atoms with E-state index in [0.29, 0.717) is 12.2 Å². The average Bonchev–Trinajstić information content (AvgIpc) is 3.04. The minimum atomic E-state index is -0.533. The van der Waals surface area contributed by atoms with Crippen LogP contribution in [0.4, 0.5) is 11.5 Å². The molecular formula is C19H25N5O3. The predicted molar refractivity (Wildman–Crippen MR) is 102 cm³/mol. The third-order valence-electron chi connectivity index (χ3n) is 4.80. The molecule has 1 amide bonds. The Hall–Kier alpha value is -2.74. The number of likely N-dealkylation sites (tertiary alicyclic amines) is 1. The van der Waals surface area contributed by atoms with Crippen molar-refractivity contribution in [2.24, 2.45) is 0 Å². The molecule has 0 unspecified atom stereocenters. The fourth-order valence-corrected chi connectivity index (χ4v) is 3.31. The number of benzene rings is 1. The van der Waals surface area contributed by atoms with Crippen LogP contribution in [0.5, 0.6) is 0 Å². The number of aryl methyl sites for hydroxylation is 2. The monoisotopic (exact) mass is 371 g/mol. The quantitative estimate of drug-likeness (QED) is 0.596. The number of nitrogens with zero attached hydrogens (tertiary/aromatic N) is 4. The van der Waals surface area contributed by atoms with Gasteiger partial charge in [-0.2, -0.15) is 4.68 Å². The highest BCUT2D eigenvalue weighted by Crippen LogP contribution is 2.16. The van der Waals surface area contributed by atoms with Gasteiger partial charge in [0.1, 0.15) is 0 Å². The summed E-state index contributed by atoms with van der Waals surface area (Å²) in [6.45, 7) is 5.30. The number of hydrogen-bond acceptors (Lipinski definition) is 5. The number of anilines is 1. The van der Waals surface area contributed by atoms with Crippen molar-refractivity contribution in [2.45, 2.75) is 45.7 Å². The van der Waals surface area contributed by atoms with E-state index in [4.69, 9.17) is 0 Å². The first-order chi connectivity index (χ1) is 13.0. The summed E-state index contributed by atoms with van der Waals surface area (Å²) in [7, 11) is 0. The minimum Gasteiger partial charge on any atom is -0.358 e. The number of carbonyl (C=O) groups excluding carboxylic acids is 1. The number of nitro groups is 1. The first-order valence-corrected chi connectivity index (χ1v) is 9.31. The molecule has 1 aromatic heterocycles. The van der Waals surface area contributed by atoms with E-state index in [-0.39, 0.29) is 18.1 Å². The molecule has 0 bridgehead atoms. The van der Waals surface area contributed by atoms with Crippen LogP contribution in [0.15, 0.2) is 30.3 Å².